The number of carbonyl (C=O) groups is 2. The number of nitrogens with one attached hydrogen (secondary N) is 1. The van der Waals surface area contributed by atoms with E-state index in [1.54, 1.807) is 13.1 Å². The van der Waals surface area contributed by atoms with E-state index in [1.165, 1.54) is 17.2 Å². The molecule has 0 aliphatic heterocycles. The van der Waals surface area contributed by atoms with Crippen LogP contribution in [0.4, 0.5) is 4.79 Å². The highest BCUT2D eigenvalue weighted by Gasteiger charge is 2.07. The van der Waals surface area contributed by atoms with E-state index < -0.39 is 5.97 Å². The van der Waals surface area contributed by atoms with Crippen LogP contribution in [0.1, 0.15) is 16.1 Å². The Morgan fingerprint density at radius 2 is 2.28 bits per heavy atom. The fraction of sp³-hybridized carbons (Fsp3) is 0.250. The highest BCUT2D eigenvalue weighted by molar-refractivity contribution is 5.85. The van der Waals surface area contributed by atoms with Gasteiger partial charge in [0.25, 0.3) is 0 Å². The zero-order valence-corrected chi connectivity index (χ0v) is 9.88. The molecule has 6 nitrogen and oxygen atoms in total. The quantitative estimate of drug-likeness (QED) is 0.761. The molecule has 1 aromatic rings. The number of carboxylic acid groups (broad SMARTS) is 1. The monoisotopic (exact) mass is 247 g/mol. The van der Waals surface area contributed by atoms with E-state index in [0.29, 0.717) is 5.56 Å². The van der Waals surface area contributed by atoms with Crippen LogP contribution in [0, 0.1) is 12.3 Å². The Morgan fingerprint density at radius 3 is 2.78 bits per heavy atom. The van der Waals surface area contributed by atoms with E-state index in [9.17, 15) is 9.59 Å². The number of carboxylic acids is 1. The summed E-state index contributed by atoms with van der Waals surface area (Å²) >= 11 is 0. The van der Waals surface area contributed by atoms with Gasteiger partial charge in [0.1, 0.15) is 5.69 Å². The lowest BCUT2D eigenvalue weighted by atomic mass is 10.2. The van der Waals surface area contributed by atoms with Gasteiger partial charge in [0.15, 0.2) is 0 Å². The Bertz CT molecular complexity index is 476. The van der Waals surface area contributed by atoms with Crippen molar-refractivity contribution >= 4 is 12.0 Å². The first-order valence-electron chi connectivity index (χ1n) is 5.15. The molecule has 0 saturated heterocycles. The molecule has 0 spiro atoms. The van der Waals surface area contributed by atoms with Gasteiger partial charge in [-0.3, -0.25) is 0 Å². The third-order valence-electron chi connectivity index (χ3n) is 2.16. The van der Waals surface area contributed by atoms with Gasteiger partial charge in [0, 0.05) is 19.8 Å². The van der Waals surface area contributed by atoms with Crippen LogP contribution < -0.4 is 5.32 Å². The zero-order valence-electron chi connectivity index (χ0n) is 9.88. The molecule has 0 fully saturated rings. The molecule has 2 amide bonds. The van der Waals surface area contributed by atoms with Gasteiger partial charge < -0.3 is 15.3 Å². The highest BCUT2D eigenvalue weighted by Crippen LogP contribution is 2.00. The lowest BCUT2D eigenvalue weighted by Gasteiger charge is -2.14. The SMILES string of the molecule is C#CCN(C)C(=O)NCc1ccc(C(=O)O)nc1. The predicted molar refractivity (Wildman–Crippen MR) is 64.9 cm³/mol. The molecule has 0 saturated carbocycles. The van der Waals surface area contributed by atoms with E-state index in [1.807, 2.05) is 0 Å². The minimum Gasteiger partial charge on any atom is -0.477 e. The number of pyridine rings is 1. The summed E-state index contributed by atoms with van der Waals surface area (Å²) in [6, 6.07) is 2.68. The second-order valence-electron chi connectivity index (χ2n) is 3.58. The van der Waals surface area contributed by atoms with Gasteiger partial charge in [0.2, 0.25) is 0 Å². The molecule has 2 N–H and O–H groups in total. The summed E-state index contributed by atoms with van der Waals surface area (Å²) in [5.41, 5.74) is 0.678. The first-order chi connectivity index (χ1) is 8.54. The zero-order chi connectivity index (χ0) is 13.5. The number of amides is 2. The van der Waals surface area contributed by atoms with E-state index >= 15 is 0 Å². The fourth-order valence-corrected chi connectivity index (χ4v) is 1.18. The summed E-state index contributed by atoms with van der Waals surface area (Å²) in [7, 11) is 1.58. The van der Waals surface area contributed by atoms with E-state index in [2.05, 4.69) is 16.2 Å². The third-order valence-corrected chi connectivity index (χ3v) is 2.16. The standard InChI is InChI=1S/C12H13N3O3/c1-3-6-15(2)12(18)14-8-9-4-5-10(11(16)17)13-7-9/h1,4-5,7H,6,8H2,2H3,(H,14,18)(H,16,17). The van der Waals surface area contributed by atoms with Gasteiger partial charge in [-0.25, -0.2) is 14.6 Å². The van der Waals surface area contributed by atoms with Crippen LogP contribution in [-0.4, -0.2) is 40.6 Å². The lowest BCUT2D eigenvalue weighted by molar-refractivity contribution is 0.0690. The Kier molecular flexibility index (Phi) is 4.69. The Morgan fingerprint density at radius 1 is 1.56 bits per heavy atom. The van der Waals surface area contributed by atoms with E-state index in [4.69, 9.17) is 11.5 Å². The first kappa shape index (κ1) is 13.5. The van der Waals surface area contributed by atoms with Crippen molar-refractivity contribution in [2.24, 2.45) is 0 Å². The van der Waals surface area contributed by atoms with E-state index in [0.717, 1.165) is 0 Å². The molecule has 1 aromatic heterocycles. The lowest BCUT2D eigenvalue weighted by Crippen LogP contribution is -2.37. The number of carbonyl (C=O) groups excluding carboxylic acids is 1. The maximum Gasteiger partial charge on any atom is 0.354 e. The summed E-state index contributed by atoms with van der Waals surface area (Å²) in [4.78, 5) is 27.2. The molecule has 0 bridgehead atoms. The minimum atomic E-state index is -1.08. The number of urea groups is 1. The van der Waals surface area contributed by atoms with Crippen LogP contribution in [0.2, 0.25) is 0 Å². The molecule has 0 aromatic carbocycles. The first-order valence-corrected chi connectivity index (χ1v) is 5.15. The molecule has 6 heteroatoms. The van der Waals surface area contributed by atoms with Gasteiger partial charge in [-0.05, 0) is 11.6 Å². The summed E-state index contributed by atoms with van der Waals surface area (Å²) in [5, 5.41) is 11.3. The average Bonchev–Trinajstić information content (AvgIpc) is 2.36. The Balaban J connectivity index is 2.51. The van der Waals surface area contributed by atoms with Gasteiger partial charge in [-0.2, -0.15) is 0 Å². The smallest absolute Gasteiger partial charge is 0.354 e. The molecule has 0 unspecified atom stereocenters. The predicted octanol–water partition coefficient (Wildman–Crippen LogP) is 0.554. The maximum absolute atomic E-state index is 11.5. The molecule has 0 aliphatic rings. The van der Waals surface area contributed by atoms with Gasteiger partial charge >= 0.3 is 12.0 Å². The second kappa shape index (κ2) is 6.25. The molecule has 0 radical (unpaired) electrons. The number of aromatic carboxylic acids is 1. The van der Waals surface area contributed by atoms with Crippen LogP contribution in [0.25, 0.3) is 0 Å². The van der Waals surface area contributed by atoms with Crippen molar-refractivity contribution in [2.45, 2.75) is 6.54 Å². The van der Waals surface area contributed by atoms with Crippen molar-refractivity contribution in [3.05, 3.63) is 29.6 Å². The van der Waals surface area contributed by atoms with Crippen molar-refractivity contribution in [2.75, 3.05) is 13.6 Å². The van der Waals surface area contributed by atoms with E-state index in [-0.39, 0.29) is 24.8 Å². The molecule has 18 heavy (non-hydrogen) atoms. The van der Waals surface area contributed by atoms with Crippen LogP contribution in [-0.2, 0) is 6.54 Å². The number of aromatic nitrogens is 1. The van der Waals surface area contributed by atoms with Crippen molar-refractivity contribution in [1.29, 1.82) is 0 Å². The van der Waals surface area contributed by atoms with Crippen LogP contribution in [0.3, 0.4) is 0 Å². The second-order valence-corrected chi connectivity index (χ2v) is 3.58. The average molecular weight is 247 g/mol. The molecule has 1 heterocycles. The largest absolute Gasteiger partial charge is 0.477 e. The van der Waals surface area contributed by atoms with Crippen LogP contribution in [0.15, 0.2) is 18.3 Å². The number of rotatable bonds is 4. The van der Waals surface area contributed by atoms with Crippen molar-refractivity contribution in [3.63, 3.8) is 0 Å². The third kappa shape index (κ3) is 3.79. The van der Waals surface area contributed by atoms with Gasteiger partial charge in [0.05, 0.1) is 6.54 Å². The van der Waals surface area contributed by atoms with Gasteiger partial charge in [-0.1, -0.05) is 12.0 Å². The summed E-state index contributed by atoms with van der Waals surface area (Å²) in [6.45, 7) is 0.489. The molecule has 0 aliphatic carbocycles. The van der Waals surface area contributed by atoms with Crippen molar-refractivity contribution < 1.29 is 14.7 Å². The fourth-order valence-electron chi connectivity index (χ4n) is 1.18. The summed E-state index contributed by atoms with van der Waals surface area (Å²) in [6.07, 6.45) is 6.49. The summed E-state index contributed by atoms with van der Waals surface area (Å²) < 4.78 is 0. The molecular weight excluding hydrogens is 234 g/mol. The molecule has 1 rings (SSSR count). The topological polar surface area (TPSA) is 82.5 Å². The number of nitrogens with zero attached hydrogens (tertiary/aromatic N) is 2. The Labute approximate surface area is 105 Å². The molecular formula is C12H13N3O3. The maximum atomic E-state index is 11.5. The number of terminal acetylenes is 1. The normalized spacial score (nSPS) is 9.33. The summed E-state index contributed by atoms with van der Waals surface area (Å²) in [5.74, 6) is 1.27. The van der Waals surface area contributed by atoms with Crippen molar-refractivity contribution in [1.82, 2.24) is 15.2 Å². The molecule has 94 valence electrons. The Hall–Kier alpha value is -2.55. The number of hydrogen-bond acceptors (Lipinski definition) is 3. The highest BCUT2D eigenvalue weighted by atomic mass is 16.4. The van der Waals surface area contributed by atoms with Crippen LogP contribution >= 0.6 is 0 Å². The van der Waals surface area contributed by atoms with Crippen molar-refractivity contribution in [3.8, 4) is 12.3 Å². The van der Waals surface area contributed by atoms with Crippen LogP contribution in [0.5, 0.6) is 0 Å². The minimum absolute atomic E-state index is 0.0328. The number of hydrogen-bond donors (Lipinski definition) is 2. The van der Waals surface area contributed by atoms with Gasteiger partial charge in [-0.15, -0.1) is 6.42 Å². The molecule has 0 atom stereocenters.